The van der Waals surface area contributed by atoms with Gasteiger partial charge in [-0.05, 0) is 25.2 Å². The molecule has 104 valence electrons. The van der Waals surface area contributed by atoms with E-state index in [4.69, 9.17) is 5.11 Å². The third-order valence-corrected chi connectivity index (χ3v) is 3.90. The second-order valence-electron chi connectivity index (χ2n) is 4.99. The summed E-state index contributed by atoms with van der Waals surface area (Å²) in [5.74, 6) is -0.224. The van der Waals surface area contributed by atoms with Gasteiger partial charge in [-0.2, -0.15) is 0 Å². The Balaban J connectivity index is 2.56. The number of amides is 2. The Kier molecular flexibility index (Phi) is 5.44. The monoisotopic (exact) mass is 256 g/mol. The molecule has 0 saturated carbocycles. The minimum atomic E-state index is -0.934. The second kappa shape index (κ2) is 6.61. The number of urea groups is 1. The molecule has 1 aliphatic heterocycles. The predicted molar refractivity (Wildman–Crippen MR) is 69.5 cm³/mol. The van der Waals surface area contributed by atoms with Crippen LogP contribution in [-0.4, -0.2) is 53.1 Å². The summed E-state index contributed by atoms with van der Waals surface area (Å²) in [7, 11) is 1.58. The van der Waals surface area contributed by atoms with Crippen molar-refractivity contribution in [2.45, 2.75) is 45.6 Å². The number of likely N-dealkylation sites (tertiary alicyclic amines) is 1. The molecule has 0 aromatic carbocycles. The Hall–Kier alpha value is -1.26. The van der Waals surface area contributed by atoms with E-state index in [0.717, 1.165) is 32.4 Å². The van der Waals surface area contributed by atoms with E-state index in [-0.39, 0.29) is 6.03 Å². The molecule has 5 nitrogen and oxygen atoms in total. The van der Waals surface area contributed by atoms with Gasteiger partial charge in [-0.25, -0.2) is 9.59 Å². The normalized spacial score (nSPS) is 18.5. The van der Waals surface area contributed by atoms with Crippen LogP contribution in [-0.2, 0) is 4.79 Å². The van der Waals surface area contributed by atoms with E-state index in [9.17, 15) is 9.59 Å². The van der Waals surface area contributed by atoms with Crippen LogP contribution in [0.15, 0.2) is 0 Å². The molecule has 1 saturated heterocycles. The molecule has 0 spiro atoms. The van der Waals surface area contributed by atoms with E-state index in [2.05, 4.69) is 6.92 Å². The average Bonchev–Trinajstić information content (AvgIpc) is 2.38. The maximum Gasteiger partial charge on any atom is 0.326 e. The number of likely N-dealkylation sites (N-methyl/N-ethyl adjacent to an activating group) is 1. The Labute approximate surface area is 109 Å². The SMILES string of the molecule is CCC1CCN(C(=O)N(C)C(CC)C(=O)O)CC1. The van der Waals surface area contributed by atoms with Crippen molar-refractivity contribution in [3.05, 3.63) is 0 Å². The molecule has 1 N–H and O–H groups in total. The number of carboxylic acid groups (broad SMARTS) is 1. The summed E-state index contributed by atoms with van der Waals surface area (Å²) < 4.78 is 0. The maximum absolute atomic E-state index is 12.2. The van der Waals surface area contributed by atoms with Crippen LogP contribution in [0.2, 0.25) is 0 Å². The zero-order valence-electron chi connectivity index (χ0n) is 11.6. The lowest BCUT2D eigenvalue weighted by molar-refractivity contribution is -0.142. The highest BCUT2D eigenvalue weighted by Gasteiger charge is 2.30. The number of piperidine rings is 1. The smallest absolute Gasteiger partial charge is 0.326 e. The van der Waals surface area contributed by atoms with Gasteiger partial charge in [-0.1, -0.05) is 20.3 Å². The molecule has 1 heterocycles. The fourth-order valence-corrected chi connectivity index (χ4v) is 2.50. The van der Waals surface area contributed by atoms with Crippen molar-refractivity contribution in [1.29, 1.82) is 0 Å². The molecule has 2 amide bonds. The quantitative estimate of drug-likeness (QED) is 0.837. The summed E-state index contributed by atoms with van der Waals surface area (Å²) in [6.07, 6.45) is 3.65. The minimum absolute atomic E-state index is 0.154. The number of hydrogen-bond donors (Lipinski definition) is 1. The third-order valence-electron chi connectivity index (χ3n) is 3.90. The van der Waals surface area contributed by atoms with Crippen LogP contribution in [0, 0.1) is 5.92 Å². The Morgan fingerprint density at radius 3 is 2.28 bits per heavy atom. The van der Waals surface area contributed by atoms with Crippen LogP contribution in [0.1, 0.15) is 39.5 Å². The highest BCUT2D eigenvalue weighted by molar-refractivity contribution is 5.82. The molecule has 0 aromatic rings. The first-order valence-corrected chi connectivity index (χ1v) is 6.75. The van der Waals surface area contributed by atoms with Crippen LogP contribution in [0.25, 0.3) is 0 Å². The van der Waals surface area contributed by atoms with E-state index in [1.807, 2.05) is 0 Å². The number of carboxylic acids is 1. The lowest BCUT2D eigenvalue weighted by Crippen LogP contribution is -2.50. The number of nitrogens with zero attached hydrogens (tertiary/aromatic N) is 2. The van der Waals surface area contributed by atoms with Crippen molar-refractivity contribution >= 4 is 12.0 Å². The molecule has 1 unspecified atom stereocenters. The molecule has 1 atom stereocenters. The lowest BCUT2D eigenvalue weighted by atomic mass is 9.95. The molecular weight excluding hydrogens is 232 g/mol. The Morgan fingerprint density at radius 1 is 1.33 bits per heavy atom. The van der Waals surface area contributed by atoms with Gasteiger partial charge in [0, 0.05) is 20.1 Å². The zero-order chi connectivity index (χ0) is 13.7. The summed E-state index contributed by atoms with van der Waals surface area (Å²) in [6, 6.07) is -0.875. The number of rotatable bonds is 4. The molecule has 0 aliphatic carbocycles. The highest BCUT2D eigenvalue weighted by Crippen LogP contribution is 2.21. The van der Waals surface area contributed by atoms with E-state index >= 15 is 0 Å². The second-order valence-corrected chi connectivity index (χ2v) is 4.99. The molecule has 1 aliphatic rings. The Morgan fingerprint density at radius 2 is 1.89 bits per heavy atom. The molecule has 0 aromatic heterocycles. The molecule has 0 bridgehead atoms. The first-order chi connectivity index (χ1) is 8.51. The highest BCUT2D eigenvalue weighted by atomic mass is 16.4. The van der Waals surface area contributed by atoms with Gasteiger partial charge in [-0.15, -0.1) is 0 Å². The first kappa shape index (κ1) is 14.8. The van der Waals surface area contributed by atoms with Crippen molar-refractivity contribution in [3.63, 3.8) is 0 Å². The van der Waals surface area contributed by atoms with E-state index in [1.54, 1.807) is 18.9 Å². The first-order valence-electron chi connectivity index (χ1n) is 6.75. The number of hydrogen-bond acceptors (Lipinski definition) is 2. The fraction of sp³-hybridized carbons (Fsp3) is 0.846. The summed E-state index contributed by atoms with van der Waals surface area (Å²) in [6.45, 7) is 5.45. The average molecular weight is 256 g/mol. The standard InChI is InChI=1S/C13H24N2O3/c1-4-10-6-8-15(9-7-10)13(18)14(3)11(5-2)12(16)17/h10-11H,4-9H2,1-3H3,(H,16,17). The zero-order valence-corrected chi connectivity index (χ0v) is 11.6. The number of aliphatic carboxylic acids is 1. The van der Waals surface area contributed by atoms with E-state index < -0.39 is 12.0 Å². The van der Waals surface area contributed by atoms with Gasteiger partial charge in [0.2, 0.25) is 0 Å². The van der Waals surface area contributed by atoms with Gasteiger partial charge >= 0.3 is 12.0 Å². The molecule has 18 heavy (non-hydrogen) atoms. The van der Waals surface area contributed by atoms with Gasteiger partial charge < -0.3 is 14.9 Å². The molecule has 1 rings (SSSR count). The van der Waals surface area contributed by atoms with Crippen molar-refractivity contribution in [1.82, 2.24) is 9.80 Å². The van der Waals surface area contributed by atoms with Gasteiger partial charge in [0.25, 0.3) is 0 Å². The molecular formula is C13H24N2O3. The van der Waals surface area contributed by atoms with Crippen molar-refractivity contribution in [2.75, 3.05) is 20.1 Å². The van der Waals surface area contributed by atoms with Crippen LogP contribution in [0.5, 0.6) is 0 Å². The summed E-state index contributed by atoms with van der Waals surface area (Å²) >= 11 is 0. The van der Waals surface area contributed by atoms with E-state index in [1.165, 1.54) is 4.90 Å². The van der Waals surface area contributed by atoms with Gasteiger partial charge in [0.1, 0.15) is 6.04 Å². The van der Waals surface area contributed by atoms with Gasteiger partial charge in [-0.3, -0.25) is 0 Å². The van der Waals surface area contributed by atoms with Crippen molar-refractivity contribution in [3.8, 4) is 0 Å². The van der Waals surface area contributed by atoms with Crippen LogP contribution in [0.4, 0.5) is 4.79 Å². The Bertz CT molecular complexity index is 299. The maximum atomic E-state index is 12.2. The van der Waals surface area contributed by atoms with E-state index in [0.29, 0.717) is 12.3 Å². The third kappa shape index (κ3) is 3.37. The molecule has 5 heteroatoms. The van der Waals surface area contributed by atoms with Crippen LogP contribution in [0.3, 0.4) is 0 Å². The topological polar surface area (TPSA) is 60.9 Å². The molecule has 0 radical (unpaired) electrons. The number of carbonyl (C=O) groups excluding carboxylic acids is 1. The van der Waals surface area contributed by atoms with Crippen molar-refractivity contribution in [2.24, 2.45) is 5.92 Å². The van der Waals surface area contributed by atoms with Gasteiger partial charge in [0.05, 0.1) is 0 Å². The summed E-state index contributed by atoms with van der Waals surface area (Å²) in [4.78, 5) is 26.4. The largest absolute Gasteiger partial charge is 0.480 e. The minimum Gasteiger partial charge on any atom is -0.480 e. The van der Waals surface area contributed by atoms with Crippen LogP contribution >= 0.6 is 0 Å². The summed E-state index contributed by atoms with van der Waals surface area (Å²) in [5.41, 5.74) is 0. The lowest BCUT2D eigenvalue weighted by Gasteiger charge is -2.35. The predicted octanol–water partition coefficient (Wildman–Crippen LogP) is 2.02. The summed E-state index contributed by atoms with van der Waals surface area (Å²) in [5, 5.41) is 9.06. The van der Waals surface area contributed by atoms with Gasteiger partial charge in [0.15, 0.2) is 0 Å². The molecule has 1 fully saturated rings. The van der Waals surface area contributed by atoms with Crippen LogP contribution < -0.4 is 0 Å². The number of carbonyl (C=O) groups is 2. The fourth-order valence-electron chi connectivity index (χ4n) is 2.50. The van der Waals surface area contributed by atoms with Crippen molar-refractivity contribution < 1.29 is 14.7 Å².